The van der Waals surface area contributed by atoms with E-state index in [1.807, 2.05) is 30.5 Å². The van der Waals surface area contributed by atoms with Gasteiger partial charge in [0.05, 0.1) is 39.3 Å². The maximum Gasteiger partial charge on any atom is 0.156 e. The molecule has 3 heterocycles. The Morgan fingerprint density at radius 3 is 1.66 bits per heavy atom. The van der Waals surface area contributed by atoms with E-state index in [0.717, 1.165) is 33.6 Å². The summed E-state index contributed by atoms with van der Waals surface area (Å²) in [4.78, 5) is 9.93. The fourth-order valence-corrected chi connectivity index (χ4v) is 7.07. The van der Waals surface area contributed by atoms with Crippen molar-refractivity contribution in [2.75, 3.05) is 0 Å². The van der Waals surface area contributed by atoms with Crippen molar-refractivity contribution in [3.8, 4) is 11.5 Å². The van der Waals surface area contributed by atoms with E-state index in [1.165, 1.54) is 54.1 Å². The van der Waals surface area contributed by atoms with Crippen LogP contribution in [0.25, 0.3) is 87.7 Å². The van der Waals surface area contributed by atoms with Crippen LogP contribution < -0.4 is 0 Å². The minimum Gasteiger partial charge on any atom is -0.309 e. The van der Waals surface area contributed by atoms with Gasteiger partial charge < -0.3 is 4.57 Å². The molecule has 44 heavy (non-hydrogen) atoms. The van der Waals surface area contributed by atoms with Crippen LogP contribution in [0.15, 0.2) is 146 Å². The van der Waals surface area contributed by atoms with Gasteiger partial charge in [-0.05, 0) is 76.1 Å². The molecule has 7 aromatic carbocycles. The Bertz CT molecular complexity index is 2780. The van der Waals surface area contributed by atoms with E-state index in [4.69, 9.17) is 9.97 Å². The monoisotopic (exact) mass is 560 g/mol. The fraction of sp³-hybridized carbons (Fsp3) is 0. The van der Waals surface area contributed by atoms with Crippen LogP contribution in [0, 0.1) is 0 Å². The second kappa shape index (κ2) is 8.76. The normalized spacial score (nSPS) is 12.1. The van der Waals surface area contributed by atoms with Gasteiger partial charge in [-0.25, -0.2) is 4.98 Å². The molecule has 0 unspecified atom stereocenters. The molecular weight excluding hydrogens is 536 g/mol. The summed E-state index contributed by atoms with van der Waals surface area (Å²) in [5.74, 6) is 0.810. The Labute approximate surface area is 252 Å². The fourth-order valence-electron chi connectivity index (χ4n) is 7.07. The predicted molar refractivity (Wildman–Crippen MR) is 183 cm³/mol. The molecule has 3 aromatic heterocycles. The number of rotatable bonds is 2. The highest BCUT2D eigenvalue weighted by molar-refractivity contribution is 6.16. The molecule has 0 amide bonds. The van der Waals surface area contributed by atoms with Crippen LogP contribution in [0.5, 0.6) is 0 Å². The minimum absolute atomic E-state index is 0.810. The largest absolute Gasteiger partial charge is 0.309 e. The van der Waals surface area contributed by atoms with Crippen LogP contribution >= 0.6 is 0 Å². The van der Waals surface area contributed by atoms with E-state index in [0.29, 0.717) is 0 Å². The van der Waals surface area contributed by atoms with E-state index >= 15 is 0 Å². The smallest absolute Gasteiger partial charge is 0.156 e. The van der Waals surface area contributed by atoms with Crippen LogP contribution in [0.2, 0.25) is 0 Å². The first kappa shape index (κ1) is 23.6. The van der Waals surface area contributed by atoms with E-state index in [9.17, 15) is 0 Å². The van der Waals surface area contributed by atoms with Gasteiger partial charge in [0.25, 0.3) is 0 Å². The molecule has 0 saturated heterocycles. The Kier molecular flexibility index (Phi) is 4.69. The van der Waals surface area contributed by atoms with Gasteiger partial charge in [-0.15, -0.1) is 0 Å². The number of hydrogen-bond donors (Lipinski definition) is 0. The highest BCUT2D eigenvalue weighted by Crippen LogP contribution is 2.39. The Morgan fingerprint density at radius 1 is 0.386 bits per heavy atom. The molecule has 10 aromatic rings. The Balaban J connectivity index is 1.33. The molecule has 10 rings (SSSR count). The molecule has 0 saturated carbocycles. The van der Waals surface area contributed by atoms with Crippen molar-refractivity contribution in [3.63, 3.8) is 0 Å². The summed E-state index contributed by atoms with van der Waals surface area (Å²) in [7, 11) is 0. The number of para-hydroxylation sites is 3. The lowest BCUT2D eigenvalue weighted by molar-refractivity contribution is 1.07. The second-order valence-electron chi connectivity index (χ2n) is 11.5. The molecule has 0 spiro atoms. The highest BCUT2D eigenvalue weighted by Gasteiger charge is 2.18. The molecule has 0 atom stereocenters. The van der Waals surface area contributed by atoms with Crippen LogP contribution in [0.4, 0.5) is 0 Å². The van der Waals surface area contributed by atoms with Gasteiger partial charge in [0.2, 0.25) is 0 Å². The molecule has 0 bridgehead atoms. The molecule has 4 heteroatoms. The SMILES string of the molecule is c1ccc2cc3c(cc2c1)c1ccccc1n3-c1ccc2c3cc4ccccc4cc3n(-c3cnc4ccccc4n3)c2c1. The van der Waals surface area contributed by atoms with Crippen LogP contribution in [-0.2, 0) is 0 Å². The Hall–Kier alpha value is -6.00. The van der Waals surface area contributed by atoms with Crippen molar-refractivity contribution >= 4 is 76.2 Å². The molecule has 0 radical (unpaired) electrons. The lowest BCUT2D eigenvalue weighted by Crippen LogP contribution is -2.00. The molecule has 0 N–H and O–H groups in total. The van der Waals surface area contributed by atoms with Gasteiger partial charge in [0.1, 0.15) is 0 Å². The lowest BCUT2D eigenvalue weighted by Gasteiger charge is -2.11. The molecular formula is C40H24N4. The molecule has 0 aliphatic carbocycles. The Morgan fingerprint density at radius 2 is 0.932 bits per heavy atom. The molecule has 0 aliphatic heterocycles. The maximum absolute atomic E-state index is 5.12. The topological polar surface area (TPSA) is 35.6 Å². The van der Waals surface area contributed by atoms with Gasteiger partial charge in [0.15, 0.2) is 5.82 Å². The third-order valence-electron chi connectivity index (χ3n) is 9.08. The van der Waals surface area contributed by atoms with E-state index in [-0.39, 0.29) is 0 Å². The maximum atomic E-state index is 5.12. The highest BCUT2D eigenvalue weighted by atomic mass is 15.1. The number of hydrogen-bond acceptors (Lipinski definition) is 2. The molecule has 0 fully saturated rings. The average molecular weight is 561 g/mol. The van der Waals surface area contributed by atoms with Gasteiger partial charge in [-0.1, -0.05) is 84.9 Å². The molecule has 0 aliphatic rings. The van der Waals surface area contributed by atoms with Crippen molar-refractivity contribution < 1.29 is 0 Å². The third kappa shape index (κ3) is 3.28. The first-order chi connectivity index (χ1) is 21.8. The number of nitrogens with zero attached hydrogens (tertiary/aromatic N) is 4. The van der Waals surface area contributed by atoms with Gasteiger partial charge in [0, 0.05) is 27.2 Å². The summed E-state index contributed by atoms with van der Waals surface area (Å²) in [6.07, 6.45) is 1.90. The first-order valence-corrected chi connectivity index (χ1v) is 14.9. The van der Waals surface area contributed by atoms with Crippen molar-refractivity contribution in [2.45, 2.75) is 0 Å². The van der Waals surface area contributed by atoms with E-state index in [1.54, 1.807) is 0 Å². The van der Waals surface area contributed by atoms with Gasteiger partial charge in [-0.2, -0.15) is 0 Å². The average Bonchev–Trinajstić information content (AvgIpc) is 3.57. The number of benzene rings is 7. The van der Waals surface area contributed by atoms with Crippen molar-refractivity contribution in [3.05, 3.63) is 146 Å². The minimum atomic E-state index is 0.810. The summed E-state index contributed by atoms with van der Waals surface area (Å²) < 4.78 is 4.68. The molecule has 204 valence electrons. The zero-order valence-corrected chi connectivity index (χ0v) is 23.6. The van der Waals surface area contributed by atoms with Crippen LogP contribution in [-0.4, -0.2) is 19.1 Å². The molecule has 4 nitrogen and oxygen atoms in total. The van der Waals surface area contributed by atoms with Crippen molar-refractivity contribution in [1.82, 2.24) is 19.1 Å². The summed E-state index contributed by atoms with van der Waals surface area (Å²) in [6.45, 7) is 0. The zero-order chi connectivity index (χ0) is 28.8. The van der Waals surface area contributed by atoms with Crippen LogP contribution in [0.1, 0.15) is 0 Å². The van der Waals surface area contributed by atoms with Gasteiger partial charge in [-0.3, -0.25) is 9.55 Å². The number of aromatic nitrogens is 4. The standard InChI is InChI=1S/C40H24N4/c1-3-11-27-21-37-32(19-25(27)9-1)30-13-5-8-16-36(30)43(37)29-17-18-31-33-20-26-10-2-4-12-28(26)22-38(33)44(39(31)23-29)40-24-41-34-14-6-7-15-35(34)42-40/h1-24H. The number of fused-ring (bicyclic) bond motifs is 9. The quantitative estimate of drug-likeness (QED) is 0.211. The van der Waals surface area contributed by atoms with E-state index in [2.05, 4.69) is 124 Å². The van der Waals surface area contributed by atoms with Crippen LogP contribution in [0.3, 0.4) is 0 Å². The third-order valence-corrected chi connectivity index (χ3v) is 9.08. The summed E-state index contributed by atoms with van der Waals surface area (Å²) >= 11 is 0. The van der Waals surface area contributed by atoms with Crippen molar-refractivity contribution in [1.29, 1.82) is 0 Å². The van der Waals surface area contributed by atoms with Crippen molar-refractivity contribution in [2.24, 2.45) is 0 Å². The first-order valence-electron chi connectivity index (χ1n) is 14.9. The predicted octanol–water partition coefficient (Wildman–Crippen LogP) is 10.1. The summed E-state index contributed by atoms with van der Waals surface area (Å²) in [6, 6.07) is 50.0. The summed E-state index contributed by atoms with van der Waals surface area (Å²) in [5.41, 5.74) is 7.49. The van der Waals surface area contributed by atoms with E-state index < -0.39 is 0 Å². The van der Waals surface area contributed by atoms with Gasteiger partial charge >= 0.3 is 0 Å². The second-order valence-corrected chi connectivity index (χ2v) is 11.5. The lowest BCUT2D eigenvalue weighted by atomic mass is 10.1. The zero-order valence-electron chi connectivity index (χ0n) is 23.6. The summed E-state index contributed by atoms with van der Waals surface area (Å²) in [5, 5.41) is 9.81.